The quantitative estimate of drug-likeness (QED) is 0.213. The lowest BCUT2D eigenvalue weighted by Crippen LogP contribution is -2.41. The Kier molecular flexibility index (Phi) is 7.39. The summed E-state index contributed by atoms with van der Waals surface area (Å²) in [5.41, 5.74) is -0.321. The van der Waals surface area contributed by atoms with E-state index in [0.29, 0.717) is 11.4 Å². The number of benzene rings is 2. The molecule has 3 aromatic heterocycles. The van der Waals surface area contributed by atoms with Crippen LogP contribution in [0.15, 0.2) is 89.0 Å². The Morgan fingerprint density at radius 1 is 1.05 bits per heavy atom. The molecule has 0 amide bonds. The van der Waals surface area contributed by atoms with Crippen molar-refractivity contribution in [2.75, 3.05) is 0 Å². The molecule has 0 aliphatic heterocycles. The number of pyridine rings is 1. The van der Waals surface area contributed by atoms with E-state index < -0.39 is 28.7 Å². The fraction of sp³-hybridized carbons (Fsp3) is 0.100. The molecule has 0 spiro atoms. The molecule has 41 heavy (non-hydrogen) atoms. The molecule has 0 atom stereocenters. The lowest BCUT2D eigenvalue weighted by Gasteiger charge is -2.12. The summed E-state index contributed by atoms with van der Waals surface area (Å²) in [7, 11) is 1.78. The first-order valence-corrected chi connectivity index (χ1v) is 12.2. The summed E-state index contributed by atoms with van der Waals surface area (Å²) in [6.45, 7) is -0.210. The van der Waals surface area contributed by atoms with Crippen molar-refractivity contribution < 1.29 is 18.3 Å². The molecule has 5 rings (SSSR count). The number of hydrogen-bond acceptors (Lipinski definition) is 6. The number of hydrogen-bond donors (Lipinski definition) is 0. The highest BCUT2D eigenvalue weighted by molar-refractivity contribution is 5.97. The molecule has 0 unspecified atom stereocenters. The molecule has 0 aliphatic rings. The summed E-state index contributed by atoms with van der Waals surface area (Å²) in [5.74, 6) is 0.611. The molecule has 0 saturated heterocycles. The number of aryl methyl sites for hydroxylation is 1. The average molecular weight is 554 g/mol. The van der Waals surface area contributed by atoms with Gasteiger partial charge in [-0.2, -0.15) is 5.10 Å². The third kappa shape index (κ3) is 5.72. The third-order valence-electron chi connectivity index (χ3n) is 6.12. The minimum absolute atomic E-state index is 0.0668. The number of Topliss-reactive ketones (excluding diaryl/α,β-unsaturated/α-hetero) is 1. The van der Waals surface area contributed by atoms with Crippen LogP contribution in [0.5, 0.6) is 11.5 Å². The van der Waals surface area contributed by atoms with Crippen LogP contribution in [0.2, 0.25) is 0 Å². The van der Waals surface area contributed by atoms with Gasteiger partial charge in [0.15, 0.2) is 17.3 Å². The van der Waals surface area contributed by atoms with Crippen LogP contribution in [0.4, 0.5) is 8.78 Å². The number of nitrogens with zero attached hydrogens (tertiary/aromatic N) is 5. The Bertz CT molecular complexity index is 1930. The van der Waals surface area contributed by atoms with Crippen LogP contribution in [0, 0.1) is 24.0 Å². The summed E-state index contributed by atoms with van der Waals surface area (Å²) in [6, 6.07) is 11.9. The minimum Gasteiger partial charge on any atom is -0.454 e. The predicted octanol–water partition coefficient (Wildman–Crippen LogP) is 3.92. The normalized spacial score (nSPS) is 10.8. The van der Waals surface area contributed by atoms with E-state index in [0.717, 1.165) is 39.1 Å². The van der Waals surface area contributed by atoms with Crippen molar-refractivity contribution in [3.63, 3.8) is 0 Å². The second-order valence-electron chi connectivity index (χ2n) is 9.02. The van der Waals surface area contributed by atoms with E-state index in [-0.39, 0.29) is 35.5 Å². The van der Waals surface area contributed by atoms with E-state index in [9.17, 15) is 18.8 Å². The lowest BCUT2D eigenvalue weighted by molar-refractivity contribution is 0.0990. The zero-order valence-corrected chi connectivity index (χ0v) is 21.6. The van der Waals surface area contributed by atoms with Gasteiger partial charge in [-0.05, 0) is 48.0 Å². The molecular formula is C30H21F2N5O4. The van der Waals surface area contributed by atoms with Gasteiger partial charge in [0.2, 0.25) is 0 Å². The summed E-state index contributed by atoms with van der Waals surface area (Å²) in [4.78, 5) is 43.6. The number of aromatic nitrogens is 5. The molecule has 0 saturated carbocycles. The first kappa shape index (κ1) is 27.0. The third-order valence-corrected chi connectivity index (χ3v) is 6.12. The monoisotopic (exact) mass is 553 g/mol. The first-order chi connectivity index (χ1) is 19.7. The molecule has 204 valence electrons. The summed E-state index contributed by atoms with van der Waals surface area (Å²) < 4.78 is 37.5. The topological polar surface area (TPSA) is 101 Å². The second kappa shape index (κ2) is 11.2. The smallest absolute Gasteiger partial charge is 0.336 e. The highest BCUT2D eigenvalue weighted by Crippen LogP contribution is 2.28. The van der Waals surface area contributed by atoms with Crippen molar-refractivity contribution in [1.82, 2.24) is 23.9 Å². The molecule has 9 nitrogen and oxygen atoms in total. The Morgan fingerprint density at radius 2 is 1.83 bits per heavy atom. The number of carbonyl (C=O) groups is 1. The largest absolute Gasteiger partial charge is 0.454 e. The van der Waals surface area contributed by atoms with Gasteiger partial charge in [-0.1, -0.05) is 12.0 Å². The summed E-state index contributed by atoms with van der Waals surface area (Å²) in [5, 5.41) is 4.11. The lowest BCUT2D eigenvalue weighted by atomic mass is 10.0. The molecule has 2 aromatic carbocycles. The molecule has 0 radical (unpaired) electrons. The zero-order valence-electron chi connectivity index (χ0n) is 21.6. The average Bonchev–Trinajstić information content (AvgIpc) is 3.39. The van der Waals surface area contributed by atoms with Crippen LogP contribution in [0.25, 0.3) is 16.9 Å². The van der Waals surface area contributed by atoms with E-state index in [1.165, 1.54) is 30.5 Å². The van der Waals surface area contributed by atoms with Gasteiger partial charge in [0.1, 0.15) is 17.1 Å². The van der Waals surface area contributed by atoms with E-state index in [1.54, 1.807) is 36.3 Å². The predicted molar refractivity (Wildman–Crippen MR) is 146 cm³/mol. The molecule has 0 N–H and O–H groups in total. The minimum atomic E-state index is -0.901. The fourth-order valence-electron chi connectivity index (χ4n) is 4.15. The van der Waals surface area contributed by atoms with Crippen molar-refractivity contribution >= 4 is 5.78 Å². The van der Waals surface area contributed by atoms with E-state index >= 15 is 4.39 Å². The van der Waals surface area contributed by atoms with Crippen LogP contribution < -0.4 is 16.0 Å². The van der Waals surface area contributed by atoms with Gasteiger partial charge in [0.05, 0.1) is 24.1 Å². The fourth-order valence-corrected chi connectivity index (χ4v) is 4.15. The van der Waals surface area contributed by atoms with Gasteiger partial charge in [-0.25, -0.2) is 18.1 Å². The molecule has 3 heterocycles. The Labute approximate surface area is 231 Å². The van der Waals surface area contributed by atoms with Crippen LogP contribution in [0.1, 0.15) is 15.9 Å². The number of terminal acetylenes is 1. The maximum Gasteiger partial charge on any atom is 0.336 e. The maximum absolute atomic E-state index is 15.0. The first-order valence-electron chi connectivity index (χ1n) is 12.2. The van der Waals surface area contributed by atoms with Crippen LogP contribution in [0.3, 0.4) is 0 Å². The van der Waals surface area contributed by atoms with Crippen molar-refractivity contribution in [3.8, 4) is 40.8 Å². The standard InChI is InChI=1S/C30H21F2N5O4/c1-3-12-36-18-24(29(39)37(30(36)40)22-7-5-21(31)6-8-22)27(38)14-19-4-9-28(25(32)13-19)41-23-10-11-33-26(15-23)20-16-34-35(2)17-20/h1,4-11,13,15-18H,12,14H2,2H3. The van der Waals surface area contributed by atoms with Gasteiger partial charge in [0, 0.05) is 43.7 Å². The van der Waals surface area contributed by atoms with Crippen LogP contribution in [-0.4, -0.2) is 29.7 Å². The van der Waals surface area contributed by atoms with E-state index in [2.05, 4.69) is 16.0 Å². The number of rotatable bonds is 8. The number of ketones is 1. The Morgan fingerprint density at radius 3 is 2.51 bits per heavy atom. The molecule has 5 aromatic rings. The van der Waals surface area contributed by atoms with Crippen LogP contribution >= 0.6 is 0 Å². The SMILES string of the molecule is C#CCn1cc(C(=O)Cc2ccc(Oc3ccnc(-c4cnn(C)c4)c3)c(F)c2)c(=O)n(-c2ccc(F)cc2)c1=O. The van der Waals surface area contributed by atoms with Crippen molar-refractivity contribution in [1.29, 1.82) is 0 Å². The Hall–Kier alpha value is -5.63. The summed E-state index contributed by atoms with van der Waals surface area (Å²) >= 11 is 0. The highest BCUT2D eigenvalue weighted by atomic mass is 19.1. The summed E-state index contributed by atoms with van der Waals surface area (Å²) in [6.07, 6.45) is 11.1. The second-order valence-corrected chi connectivity index (χ2v) is 9.02. The van der Waals surface area contributed by atoms with Gasteiger partial charge in [0.25, 0.3) is 5.56 Å². The molecule has 0 aliphatic carbocycles. The van der Waals surface area contributed by atoms with Crippen molar-refractivity contribution in [2.24, 2.45) is 7.05 Å². The van der Waals surface area contributed by atoms with Crippen molar-refractivity contribution in [2.45, 2.75) is 13.0 Å². The Balaban J connectivity index is 1.40. The van der Waals surface area contributed by atoms with Gasteiger partial charge >= 0.3 is 5.69 Å². The van der Waals surface area contributed by atoms with E-state index in [4.69, 9.17) is 11.2 Å². The molecule has 11 heteroatoms. The molecular weight excluding hydrogens is 532 g/mol. The van der Waals surface area contributed by atoms with Gasteiger partial charge < -0.3 is 4.74 Å². The highest BCUT2D eigenvalue weighted by Gasteiger charge is 2.20. The number of ether oxygens (including phenoxy) is 1. The number of halogens is 2. The van der Waals surface area contributed by atoms with Crippen LogP contribution in [-0.2, 0) is 20.0 Å². The molecule has 0 fully saturated rings. The number of carbonyl (C=O) groups excluding carboxylic acids is 1. The van der Waals surface area contributed by atoms with Crippen molar-refractivity contribution in [3.05, 3.63) is 123 Å². The van der Waals surface area contributed by atoms with Gasteiger partial charge in [-0.3, -0.25) is 23.8 Å². The zero-order chi connectivity index (χ0) is 29.1. The maximum atomic E-state index is 15.0. The molecule has 0 bridgehead atoms. The van der Waals surface area contributed by atoms with Gasteiger partial charge in [-0.15, -0.1) is 6.42 Å². The van der Waals surface area contributed by atoms with E-state index in [1.807, 2.05) is 0 Å².